The van der Waals surface area contributed by atoms with Gasteiger partial charge in [0.2, 0.25) is 0 Å². The van der Waals surface area contributed by atoms with Gasteiger partial charge in [0.15, 0.2) is 0 Å². The molecule has 0 spiro atoms. The van der Waals surface area contributed by atoms with E-state index in [1.54, 1.807) is 30.3 Å². The van der Waals surface area contributed by atoms with E-state index in [0.717, 1.165) is 11.3 Å². The summed E-state index contributed by atoms with van der Waals surface area (Å²) in [6, 6.07) is 20.1. The molecule has 0 bridgehead atoms. The van der Waals surface area contributed by atoms with Crippen LogP contribution in [-0.2, 0) is 6.61 Å². The maximum atomic E-state index is 12.7. The third-order valence-corrected chi connectivity index (χ3v) is 4.61. The molecule has 1 amide bonds. The van der Waals surface area contributed by atoms with Crippen molar-refractivity contribution < 1.29 is 9.53 Å². The molecule has 1 N–H and O–H groups in total. The van der Waals surface area contributed by atoms with Crippen LogP contribution in [-0.4, -0.2) is 35.5 Å². The van der Waals surface area contributed by atoms with Gasteiger partial charge in [-0.2, -0.15) is 0 Å². The Bertz CT molecular complexity index is 1310. The minimum Gasteiger partial charge on any atom is -0.487 e. The van der Waals surface area contributed by atoms with Gasteiger partial charge in [-0.1, -0.05) is 18.2 Å². The molecule has 0 saturated carbocycles. The van der Waals surface area contributed by atoms with Crippen LogP contribution < -0.4 is 10.1 Å². The first-order valence-corrected chi connectivity index (χ1v) is 9.55. The SMILES string of the molecule is O=C(Nc1cccc(OCc2cn3ccccc3n2)c1)c1cccc(-n2cnnn2)c1. The van der Waals surface area contributed by atoms with Gasteiger partial charge in [-0.15, -0.1) is 5.10 Å². The Morgan fingerprint density at radius 3 is 2.84 bits per heavy atom. The zero-order valence-electron chi connectivity index (χ0n) is 16.3. The van der Waals surface area contributed by atoms with Crippen LogP contribution >= 0.6 is 0 Å². The third-order valence-electron chi connectivity index (χ3n) is 4.61. The molecule has 5 aromatic rings. The van der Waals surface area contributed by atoms with Crippen molar-refractivity contribution in [3.8, 4) is 11.4 Å². The van der Waals surface area contributed by atoms with Gasteiger partial charge in [0.1, 0.15) is 24.3 Å². The van der Waals surface area contributed by atoms with Gasteiger partial charge >= 0.3 is 0 Å². The number of ether oxygens (including phenoxy) is 1. The van der Waals surface area contributed by atoms with Gasteiger partial charge in [-0.05, 0) is 52.9 Å². The topological polar surface area (TPSA) is 99.2 Å². The van der Waals surface area contributed by atoms with E-state index >= 15 is 0 Å². The van der Waals surface area contributed by atoms with Crippen LogP contribution in [0.1, 0.15) is 16.1 Å². The monoisotopic (exact) mass is 411 g/mol. The number of pyridine rings is 1. The lowest BCUT2D eigenvalue weighted by Crippen LogP contribution is -2.12. The van der Waals surface area contributed by atoms with Gasteiger partial charge in [0, 0.05) is 29.7 Å². The summed E-state index contributed by atoms with van der Waals surface area (Å²) in [4.78, 5) is 17.2. The largest absolute Gasteiger partial charge is 0.487 e. The average molecular weight is 411 g/mol. The number of carbonyl (C=O) groups excluding carboxylic acids is 1. The Balaban J connectivity index is 1.27. The Labute approximate surface area is 176 Å². The molecular formula is C22H17N7O2. The number of aromatic nitrogens is 6. The summed E-state index contributed by atoms with van der Waals surface area (Å²) >= 11 is 0. The van der Waals surface area contributed by atoms with E-state index in [1.165, 1.54) is 11.0 Å². The van der Waals surface area contributed by atoms with Gasteiger partial charge in [-0.3, -0.25) is 4.79 Å². The second-order valence-corrected chi connectivity index (χ2v) is 6.77. The Hall–Kier alpha value is -4.53. The number of carbonyl (C=O) groups is 1. The highest BCUT2D eigenvalue weighted by molar-refractivity contribution is 6.04. The molecule has 3 aromatic heterocycles. The zero-order chi connectivity index (χ0) is 21.0. The Morgan fingerprint density at radius 2 is 1.97 bits per heavy atom. The molecule has 0 fully saturated rings. The normalized spacial score (nSPS) is 10.8. The number of imidazole rings is 1. The number of benzene rings is 2. The molecule has 9 heteroatoms. The molecule has 0 unspecified atom stereocenters. The van der Waals surface area contributed by atoms with Crippen molar-refractivity contribution in [2.75, 3.05) is 5.32 Å². The highest BCUT2D eigenvalue weighted by Crippen LogP contribution is 2.20. The predicted molar refractivity (Wildman–Crippen MR) is 113 cm³/mol. The van der Waals surface area contributed by atoms with E-state index in [-0.39, 0.29) is 5.91 Å². The molecule has 0 aliphatic heterocycles. The second kappa shape index (κ2) is 8.07. The molecule has 5 rings (SSSR count). The maximum Gasteiger partial charge on any atom is 0.255 e. The molecule has 0 atom stereocenters. The lowest BCUT2D eigenvalue weighted by Gasteiger charge is -2.09. The molecule has 31 heavy (non-hydrogen) atoms. The summed E-state index contributed by atoms with van der Waals surface area (Å²) in [7, 11) is 0. The van der Waals surface area contributed by atoms with Gasteiger partial charge in [-0.25, -0.2) is 9.67 Å². The number of nitrogens with zero attached hydrogens (tertiary/aromatic N) is 6. The molecule has 0 saturated heterocycles. The van der Waals surface area contributed by atoms with Crippen molar-refractivity contribution in [3.05, 3.63) is 96.7 Å². The number of tetrazole rings is 1. The van der Waals surface area contributed by atoms with Gasteiger partial charge in [0.25, 0.3) is 5.91 Å². The van der Waals surface area contributed by atoms with Crippen molar-refractivity contribution >= 4 is 17.2 Å². The van der Waals surface area contributed by atoms with Crippen LogP contribution in [0.15, 0.2) is 85.5 Å². The predicted octanol–water partition coefficient (Wildman–Crippen LogP) is 3.14. The van der Waals surface area contributed by atoms with E-state index in [2.05, 4.69) is 25.8 Å². The maximum absolute atomic E-state index is 12.7. The molecule has 9 nitrogen and oxygen atoms in total. The third kappa shape index (κ3) is 4.10. The van der Waals surface area contributed by atoms with E-state index in [0.29, 0.717) is 29.3 Å². The minimum absolute atomic E-state index is 0.243. The fourth-order valence-corrected chi connectivity index (χ4v) is 3.15. The molecule has 0 aliphatic rings. The van der Waals surface area contributed by atoms with Crippen molar-refractivity contribution in [2.24, 2.45) is 0 Å². The lowest BCUT2D eigenvalue weighted by atomic mass is 10.2. The Morgan fingerprint density at radius 1 is 1.03 bits per heavy atom. The number of fused-ring (bicyclic) bond motifs is 1. The number of nitrogens with one attached hydrogen (secondary N) is 1. The summed E-state index contributed by atoms with van der Waals surface area (Å²) < 4.78 is 9.30. The molecule has 3 heterocycles. The Kier molecular flexibility index (Phi) is 4.82. The van der Waals surface area contributed by atoms with Crippen LogP contribution in [0.2, 0.25) is 0 Å². The van der Waals surface area contributed by atoms with Crippen molar-refractivity contribution in [2.45, 2.75) is 6.61 Å². The summed E-state index contributed by atoms with van der Waals surface area (Å²) in [6.07, 6.45) is 5.34. The van der Waals surface area contributed by atoms with Crippen molar-refractivity contribution in [1.82, 2.24) is 29.6 Å². The second-order valence-electron chi connectivity index (χ2n) is 6.77. The average Bonchev–Trinajstić information content (AvgIpc) is 3.48. The number of hydrogen-bond donors (Lipinski definition) is 1. The smallest absolute Gasteiger partial charge is 0.255 e. The summed E-state index contributed by atoms with van der Waals surface area (Å²) in [5.74, 6) is 0.393. The minimum atomic E-state index is -0.243. The van der Waals surface area contributed by atoms with E-state index in [4.69, 9.17) is 4.74 Å². The first-order valence-electron chi connectivity index (χ1n) is 9.55. The van der Waals surface area contributed by atoms with Gasteiger partial charge in [0.05, 0.1) is 11.4 Å². The molecule has 152 valence electrons. The first kappa shape index (κ1) is 18.5. The summed E-state index contributed by atoms with van der Waals surface area (Å²) in [5.41, 5.74) is 3.50. The number of anilines is 1. The zero-order valence-corrected chi connectivity index (χ0v) is 16.3. The fraction of sp³-hybridized carbons (Fsp3) is 0.0455. The number of rotatable bonds is 6. The molecule has 0 aliphatic carbocycles. The highest BCUT2D eigenvalue weighted by Gasteiger charge is 2.09. The van der Waals surface area contributed by atoms with Crippen molar-refractivity contribution in [1.29, 1.82) is 0 Å². The van der Waals surface area contributed by atoms with Crippen LogP contribution in [0.4, 0.5) is 5.69 Å². The quantitative estimate of drug-likeness (QED) is 0.461. The lowest BCUT2D eigenvalue weighted by molar-refractivity contribution is 0.102. The number of hydrogen-bond acceptors (Lipinski definition) is 6. The van der Waals surface area contributed by atoms with Crippen LogP contribution in [0.25, 0.3) is 11.3 Å². The first-order chi connectivity index (χ1) is 15.2. The number of amides is 1. The van der Waals surface area contributed by atoms with Gasteiger partial charge < -0.3 is 14.5 Å². The summed E-state index contributed by atoms with van der Waals surface area (Å²) in [6.45, 7) is 0.326. The molecule has 2 aromatic carbocycles. The molecule has 0 radical (unpaired) electrons. The molecular weight excluding hydrogens is 394 g/mol. The fourth-order valence-electron chi connectivity index (χ4n) is 3.15. The standard InChI is InChI=1S/C22H17N7O2/c30-22(16-5-3-7-19(11-16)29-15-23-26-27-29)25-17-6-4-8-20(12-17)31-14-18-13-28-10-2-1-9-21(28)24-18/h1-13,15H,14H2,(H,25,30). The van der Waals surface area contributed by atoms with Crippen LogP contribution in [0.5, 0.6) is 5.75 Å². The van der Waals surface area contributed by atoms with Crippen LogP contribution in [0, 0.1) is 0 Å². The van der Waals surface area contributed by atoms with E-state index in [1.807, 2.05) is 53.2 Å². The van der Waals surface area contributed by atoms with E-state index in [9.17, 15) is 4.79 Å². The van der Waals surface area contributed by atoms with E-state index < -0.39 is 0 Å². The highest BCUT2D eigenvalue weighted by atomic mass is 16.5. The van der Waals surface area contributed by atoms with Crippen LogP contribution in [0.3, 0.4) is 0 Å². The van der Waals surface area contributed by atoms with Crippen molar-refractivity contribution in [3.63, 3.8) is 0 Å². The summed E-state index contributed by atoms with van der Waals surface area (Å²) in [5, 5.41) is 14.0.